The lowest BCUT2D eigenvalue weighted by Gasteiger charge is -2.53. The summed E-state index contributed by atoms with van der Waals surface area (Å²) in [6.07, 6.45) is 3.79. The zero-order chi connectivity index (χ0) is 22.4. The van der Waals surface area contributed by atoms with E-state index in [2.05, 4.69) is 60.3 Å². The first kappa shape index (κ1) is 21.1. The van der Waals surface area contributed by atoms with E-state index in [0.717, 1.165) is 24.3 Å². The molecule has 31 heavy (non-hydrogen) atoms. The number of phenolic OH excluding ortho intramolecular Hbond substituents is 1. The van der Waals surface area contributed by atoms with Crippen molar-refractivity contribution in [3.05, 3.63) is 42.6 Å². The van der Waals surface area contributed by atoms with Crippen LogP contribution in [0.4, 0.5) is 11.6 Å². The Labute approximate surface area is 183 Å². The molecule has 0 radical (unpaired) electrons. The molecule has 0 bridgehead atoms. The predicted octanol–water partition coefficient (Wildman–Crippen LogP) is 3.68. The summed E-state index contributed by atoms with van der Waals surface area (Å²) in [5, 5.41) is 26.9. The number of benzene rings is 1. The lowest BCUT2D eigenvalue weighted by atomic mass is 9.77. The quantitative estimate of drug-likeness (QED) is 0.590. The summed E-state index contributed by atoms with van der Waals surface area (Å²) < 4.78 is 1.61. The average molecular weight is 422 g/mol. The Hall–Kier alpha value is -3.13. The molecule has 8 nitrogen and oxygen atoms in total. The number of phenols is 1. The fraction of sp³-hybridized carbons (Fsp3) is 0.435. The van der Waals surface area contributed by atoms with Gasteiger partial charge in [0, 0.05) is 41.0 Å². The number of rotatable bonds is 4. The third kappa shape index (κ3) is 4.20. The summed E-state index contributed by atoms with van der Waals surface area (Å²) in [6, 6.07) is 11.1. The van der Waals surface area contributed by atoms with Crippen LogP contribution in [-0.4, -0.2) is 54.2 Å². The van der Waals surface area contributed by atoms with Gasteiger partial charge in [0.05, 0.1) is 11.4 Å². The Balaban J connectivity index is 1.50. The van der Waals surface area contributed by atoms with Gasteiger partial charge in [-0.25, -0.2) is 4.68 Å². The van der Waals surface area contributed by atoms with Crippen molar-refractivity contribution in [2.24, 2.45) is 0 Å². The number of hydrogen-bond donors (Lipinski definition) is 3. The third-order valence-corrected chi connectivity index (χ3v) is 6.46. The highest BCUT2D eigenvalue weighted by molar-refractivity contribution is 5.69. The van der Waals surface area contributed by atoms with Gasteiger partial charge in [0.25, 0.3) is 0 Å². The van der Waals surface area contributed by atoms with E-state index in [9.17, 15) is 5.11 Å². The van der Waals surface area contributed by atoms with Crippen LogP contribution >= 0.6 is 0 Å². The Morgan fingerprint density at radius 2 is 1.74 bits per heavy atom. The molecule has 0 saturated carbocycles. The van der Waals surface area contributed by atoms with E-state index in [1.807, 2.05) is 24.3 Å². The molecule has 0 aliphatic carbocycles. The van der Waals surface area contributed by atoms with E-state index in [1.165, 1.54) is 0 Å². The molecule has 0 unspecified atom stereocenters. The van der Waals surface area contributed by atoms with E-state index < -0.39 is 0 Å². The SMILES string of the molecule is CN1C(C)(C)CC(Nc2ccc(-c3ccc(-n4ccc(N)n4)cc3O)nn2)CC1(C)C. The average Bonchev–Trinajstić information content (AvgIpc) is 3.13. The number of nitrogens with one attached hydrogen (secondary N) is 1. The summed E-state index contributed by atoms with van der Waals surface area (Å²) >= 11 is 0. The highest BCUT2D eigenvalue weighted by atomic mass is 16.3. The molecule has 4 rings (SSSR count). The lowest BCUT2D eigenvalue weighted by molar-refractivity contribution is -0.00773. The van der Waals surface area contributed by atoms with Gasteiger partial charge in [-0.05, 0) is 71.8 Å². The fourth-order valence-electron chi connectivity index (χ4n) is 4.60. The number of aromatic hydroxyl groups is 1. The van der Waals surface area contributed by atoms with E-state index >= 15 is 0 Å². The minimum atomic E-state index is 0.0968. The summed E-state index contributed by atoms with van der Waals surface area (Å²) in [7, 11) is 2.20. The smallest absolute Gasteiger partial charge is 0.148 e. The van der Waals surface area contributed by atoms with Crippen LogP contribution in [0, 0.1) is 0 Å². The maximum absolute atomic E-state index is 10.5. The molecule has 2 aromatic heterocycles. The van der Waals surface area contributed by atoms with Crippen molar-refractivity contribution in [3.8, 4) is 22.7 Å². The van der Waals surface area contributed by atoms with Crippen LogP contribution in [-0.2, 0) is 0 Å². The van der Waals surface area contributed by atoms with E-state index in [-0.39, 0.29) is 16.8 Å². The van der Waals surface area contributed by atoms with Crippen LogP contribution in [0.1, 0.15) is 40.5 Å². The molecule has 164 valence electrons. The molecule has 3 aromatic rings. The van der Waals surface area contributed by atoms with Gasteiger partial charge in [-0.15, -0.1) is 10.2 Å². The third-order valence-electron chi connectivity index (χ3n) is 6.46. The highest BCUT2D eigenvalue weighted by Crippen LogP contribution is 2.38. The first-order valence-corrected chi connectivity index (χ1v) is 10.5. The van der Waals surface area contributed by atoms with Crippen molar-refractivity contribution in [1.82, 2.24) is 24.9 Å². The molecule has 3 heterocycles. The molecule has 0 amide bonds. The molecule has 1 aromatic carbocycles. The van der Waals surface area contributed by atoms with Gasteiger partial charge < -0.3 is 16.2 Å². The van der Waals surface area contributed by atoms with Crippen LogP contribution < -0.4 is 11.1 Å². The maximum atomic E-state index is 10.5. The van der Waals surface area contributed by atoms with Crippen LogP contribution in [0.3, 0.4) is 0 Å². The molecule has 1 aliphatic rings. The molecule has 0 atom stereocenters. The van der Waals surface area contributed by atoms with Crippen LogP contribution in [0.15, 0.2) is 42.6 Å². The highest BCUT2D eigenvalue weighted by Gasteiger charge is 2.43. The van der Waals surface area contributed by atoms with E-state index in [0.29, 0.717) is 23.1 Å². The molecule has 0 spiro atoms. The number of hydrogen-bond acceptors (Lipinski definition) is 7. The summed E-state index contributed by atoms with van der Waals surface area (Å²) in [4.78, 5) is 2.46. The number of anilines is 2. The molecule has 8 heteroatoms. The van der Waals surface area contributed by atoms with Gasteiger partial charge in [0.1, 0.15) is 17.4 Å². The standard InChI is InChI=1S/C23H31N7O/c1-22(2)13-15(14-23(3,4)29(22)5)25-21-9-8-18(26-27-21)17-7-6-16(12-19(17)31)30-11-10-20(24)28-30/h6-12,15,31H,13-14H2,1-5H3,(H2,24,28)(H,25,27). The van der Waals surface area contributed by atoms with Crippen LogP contribution in [0.25, 0.3) is 16.9 Å². The molecule has 4 N–H and O–H groups in total. The van der Waals surface area contributed by atoms with E-state index in [4.69, 9.17) is 5.73 Å². The number of aromatic nitrogens is 4. The van der Waals surface area contributed by atoms with Gasteiger partial charge in [-0.2, -0.15) is 5.10 Å². The van der Waals surface area contributed by atoms with Crippen molar-refractivity contribution < 1.29 is 5.11 Å². The zero-order valence-corrected chi connectivity index (χ0v) is 18.8. The van der Waals surface area contributed by atoms with Crippen molar-refractivity contribution >= 4 is 11.6 Å². The maximum Gasteiger partial charge on any atom is 0.148 e. The first-order valence-electron chi connectivity index (χ1n) is 10.5. The summed E-state index contributed by atoms with van der Waals surface area (Å²) in [5.74, 6) is 1.28. The molecular weight excluding hydrogens is 390 g/mol. The van der Waals surface area contributed by atoms with E-state index in [1.54, 1.807) is 23.0 Å². The second-order valence-electron chi connectivity index (χ2n) is 9.62. The van der Waals surface area contributed by atoms with Crippen molar-refractivity contribution in [2.45, 2.75) is 57.7 Å². The Kier molecular flexibility index (Phi) is 5.13. The minimum absolute atomic E-state index is 0.0968. The molecule has 1 aliphatic heterocycles. The normalized spacial score (nSPS) is 18.7. The van der Waals surface area contributed by atoms with Gasteiger partial charge in [-0.1, -0.05) is 0 Å². The summed E-state index contributed by atoms with van der Waals surface area (Å²) in [5.41, 5.74) is 7.81. The summed E-state index contributed by atoms with van der Waals surface area (Å²) in [6.45, 7) is 9.12. The fourth-order valence-corrected chi connectivity index (χ4v) is 4.60. The molecule has 1 fully saturated rings. The predicted molar refractivity (Wildman–Crippen MR) is 123 cm³/mol. The van der Waals surface area contributed by atoms with Gasteiger partial charge in [0.15, 0.2) is 0 Å². The second-order valence-corrected chi connectivity index (χ2v) is 9.62. The zero-order valence-electron chi connectivity index (χ0n) is 18.8. The number of likely N-dealkylation sites (tertiary alicyclic amines) is 1. The lowest BCUT2D eigenvalue weighted by Crippen LogP contribution is -2.61. The second kappa shape index (κ2) is 7.53. The van der Waals surface area contributed by atoms with Crippen molar-refractivity contribution in [2.75, 3.05) is 18.1 Å². The Morgan fingerprint density at radius 3 is 2.29 bits per heavy atom. The largest absolute Gasteiger partial charge is 0.507 e. The van der Waals surface area contributed by atoms with Crippen molar-refractivity contribution in [3.63, 3.8) is 0 Å². The minimum Gasteiger partial charge on any atom is -0.507 e. The molecule has 1 saturated heterocycles. The molecular formula is C23H31N7O. The Bertz CT molecular complexity index is 1050. The monoisotopic (exact) mass is 421 g/mol. The first-order chi connectivity index (χ1) is 14.5. The Morgan fingerprint density at radius 1 is 1.03 bits per heavy atom. The van der Waals surface area contributed by atoms with Gasteiger partial charge in [0.2, 0.25) is 0 Å². The van der Waals surface area contributed by atoms with Gasteiger partial charge >= 0.3 is 0 Å². The topological polar surface area (TPSA) is 105 Å². The number of nitrogen functional groups attached to an aromatic ring is 1. The van der Waals surface area contributed by atoms with Gasteiger partial charge in [-0.3, -0.25) is 4.90 Å². The van der Waals surface area contributed by atoms with Crippen LogP contribution in [0.5, 0.6) is 5.75 Å². The number of nitrogens with zero attached hydrogens (tertiary/aromatic N) is 5. The number of piperidine rings is 1. The van der Waals surface area contributed by atoms with Crippen LogP contribution in [0.2, 0.25) is 0 Å². The van der Waals surface area contributed by atoms with Crippen molar-refractivity contribution in [1.29, 1.82) is 0 Å². The number of nitrogens with two attached hydrogens (primary N) is 1.